The molecule has 0 amide bonds. The molecule has 0 saturated carbocycles. The Morgan fingerprint density at radius 1 is 1.00 bits per heavy atom. The first-order chi connectivity index (χ1) is 13.8. The Hall–Kier alpha value is -3.25. The van der Waals surface area contributed by atoms with Gasteiger partial charge in [0.15, 0.2) is 5.82 Å². The van der Waals surface area contributed by atoms with Gasteiger partial charge in [-0.25, -0.2) is 9.97 Å². The van der Waals surface area contributed by atoms with Gasteiger partial charge in [-0.15, -0.1) is 11.3 Å². The number of fused-ring (bicyclic) bond motifs is 1. The Morgan fingerprint density at radius 3 is 2.71 bits per heavy atom. The van der Waals surface area contributed by atoms with Crippen LogP contribution in [-0.4, -0.2) is 22.2 Å². The topological polar surface area (TPSA) is 53.4 Å². The van der Waals surface area contributed by atoms with Crippen molar-refractivity contribution in [2.45, 2.75) is 13.3 Å². The van der Waals surface area contributed by atoms with E-state index in [4.69, 9.17) is 0 Å². The number of rotatable bonds is 4. The van der Waals surface area contributed by atoms with Crippen LogP contribution in [0, 0.1) is 0 Å². The molecule has 138 valence electrons. The lowest BCUT2D eigenvalue weighted by Gasteiger charge is -2.15. The molecule has 5 rings (SSSR count). The Kier molecular flexibility index (Phi) is 4.25. The molecule has 0 unspecified atom stereocenters. The second-order valence-electron chi connectivity index (χ2n) is 6.80. The minimum atomic E-state index is 0.829. The lowest BCUT2D eigenvalue weighted by molar-refractivity contribution is 0.922. The Labute approximate surface area is 167 Å². The average Bonchev–Trinajstić information content (AvgIpc) is 3.36. The smallest absolute Gasteiger partial charge is 0.151 e. The van der Waals surface area contributed by atoms with Gasteiger partial charge in [-0.1, -0.05) is 36.4 Å². The summed E-state index contributed by atoms with van der Waals surface area (Å²) < 4.78 is 1.06. The molecule has 2 aromatic heterocycles. The molecule has 3 heterocycles. The van der Waals surface area contributed by atoms with Crippen molar-refractivity contribution >= 4 is 44.5 Å². The first-order valence-electron chi connectivity index (χ1n) is 9.25. The maximum Gasteiger partial charge on any atom is 0.151 e. The maximum atomic E-state index is 4.59. The monoisotopic (exact) mass is 385 g/mol. The summed E-state index contributed by atoms with van der Waals surface area (Å²) in [6.07, 6.45) is 2.63. The van der Waals surface area contributed by atoms with E-state index in [0.29, 0.717) is 0 Å². The van der Waals surface area contributed by atoms with Gasteiger partial charge in [0.2, 0.25) is 0 Å². The van der Waals surface area contributed by atoms with Crippen molar-refractivity contribution in [3.63, 3.8) is 0 Å². The summed E-state index contributed by atoms with van der Waals surface area (Å²) >= 11 is 1.71. The molecule has 0 bridgehead atoms. The lowest BCUT2D eigenvalue weighted by atomic mass is 10.2. The Balaban J connectivity index is 1.48. The highest BCUT2D eigenvalue weighted by Gasteiger charge is 2.14. The molecule has 0 atom stereocenters. The number of thiophene rings is 1. The fourth-order valence-electron chi connectivity index (χ4n) is 3.33. The number of nitrogens with one attached hydrogen (secondary N) is 1. The number of hydrogen-bond donors (Lipinski definition) is 1. The SMILES string of the molecule is CC1=NN(c2cccc(Nc3ncnc4cc(-c5ccccc5)sc34)c2)CC1. The van der Waals surface area contributed by atoms with Gasteiger partial charge in [-0.05, 0) is 36.8 Å². The van der Waals surface area contributed by atoms with Crippen LogP contribution in [0.4, 0.5) is 17.2 Å². The van der Waals surface area contributed by atoms with Crippen LogP contribution in [0.1, 0.15) is 13.3 Å². The highest BCUT2D eigenvalue weighted by atomic mass is 32.1. The summed E-state index contributed by atoms with van der Waals surface area (Å²) in [7, 11) is 0. The lowest BCUT2D eigenvalue weighted by Crippen LogP contribution is -2.11. The van der Waals surface area contributed by atoms with E-state index in [0.717, 1.165) is 40.4 Å². The number of hydrazone groups is 1. The molecule has 2 aromatic carbocycles. The zero-order valence-corrected chi connectivity index (χ0v) is 16.3. The van der Waals surface area contributed by atoms with Crippen LogP contribution in [0.5, 0.6) is 0 Å². The normalized spacial score (nSPS) is 13.8. The fourth-order valence-corrected chi connectivity index (χ4v) is 4.39. The van der Waals surface area contributed by atoms with Crippen molar-refractivity contribution < 1.29 is 0 Å². The molecule has 28 heavy (non-hydrogen) atoms. The highest BCUT2D eigenvalue weighted by molar-refractivity contribution is 7.22. The average molecular weight is 385 g/mol. The summed E-state index contributed by atoms with van der Waals surface area (Å²) in [5.41, 5.74) is 5.40. The molecular formula is C22H19N5S. The number of aromatic nitrogens is 2. The Morgan fingerprint density at radius 2 is 1.89 bits per heavy atom. The summed E-state index contributed by atoms with van der Waals surface area (Å²) in [5.74, 6) is 0.829. The quantitative estimate of drug-likeness (QED) is 0.490. The first-order valence-corrected chi connectivity index (χ1v) is 10.1. The van der Waals surface area contributed by atoms with E-state index in [1.807, 2.05) is 12.1 Å². The van der Waals surface area contributed by atoms with Crippen molar-refractivity contribution in [1.82, 2.24) is 9.97 Å². The molecule has 1 aliphatic rings. The Bertz CT molecular complexity index is 1170. The van der Waals surface area contributed by atoms with E-state index in [1.165, 1.54) is 16.2 Å². The van der Waals surface area contributed by atoms with Crippen molar-refractivity contribution in [1.29, 1.82) is 0 Å². The van der Waals surface area contributed by atoms with Crippen LogP contribution in [0.2, 0.25) is 0 Å². The van der Waals surface area contributed by atoms with Gasteiger partial charge >= 0.3 is 0 Å². The molecule has 6 heteroatoms. The summed E-state index contributed by atoms with van der Waals surface area (Å²) in [6, 6.07) is 20.8. The van der Waals surface area contributed by atoms with Crippen molar-refractivity contribution in [3.05, 3.63) is 67.0 Å². The van der Waals surface area contributed by atoms with Gasteiger partial charge in [-0.3, -0.25) is 5.01 Å². The molecular weight excluding hydrogens is 366 g/mol. The standard InChI is InChI=1S/C22H19N5S/c1-15-10-11-27(26-15)18-9-5-8-17(12-18)25-22-21-19(23-14-24-22)13-20(28-21)16-6-3-2-4-7-16/h2-9,12-14H,10-11H2,1H3,(H,23,24,25). The van der Waals surface area contributed by atoms with E-state index in [9.17, 15) is 0 Å². The molecule has 0 radical (unpaired) electrons. The number of hydrogen-bond acceptors (Lipinski definition) is 6. The molecule has 1 aliphatic heterocycles. The van der Waals surface area contributed by atoms with Crippen molar-refractivity contribution in [3.8, 4) is 10.4 Å². The van der Waals surface area contributed by atoms with E-state index in [1.54, 1.807) is 17.7 Å². The van der Waals surface area contributed by atoms with Crippen LogP contribution in [0.3, 0.4) is 0 Å². The molecule has 0 saturated heterocycles. The second kappa shape index (κ2) is 7.05. The zero-order chi connectivity index (χ0) is 18.9. The van der Waals surface area contributed by atoms with Crippen molar-refractivity contribution in [2.24, 2.45) is 5.10 Å². The molecule has 0 aliphatic carbocycles. The number of benzene rings is 2. The summed E-state index contributed by atoms with van der Waals surface area (Å²) in [6.45, 7) is 3.00. The predicted molar refractivity (Wildman–Crippen MR) is 118 cm³/mol. The van der Waals surface area contributed by atoms with Crippen molar-refractivity contribution in [2.75, 3.05) is 16.9 Å². The molecule has 5 nitrogen and oxygen atoms in total. The van der Waals surface area contributed by atoms with Gasteiger partial charge in [0.25, 0.3) is 0 Å². The third-order valence-corrected chi connectivity index (χ3v) is 5.93. The van der Waals surface area contributed by atoms with Crippen LogP contribution in [0.25, 0.3) is 20.7 Å². The van der Waals surface area contributed by atoms with Crippen LogP contribution in [0.15, 0.2) is 72.1 Å². The predicted octanol–water partition coefficient (Wildman–Crippen LogP) is 5.69. The van der Waals surface area contributed by atoms with E-state index in [2.05, 4.69) is 80.8 Å². The van der Waals surface area contributed by atoms with Gasteiger partial charge in [0.05, 0.1) is 15.9 Å². The maximum absolute atomic E-state index is 4.59. The zero-order valence-electron chi connectivity index (χ0n) is 15.5. The van der Waals surface area contributed by atoms with Gasteiger partial charge in [-0.2, -0.15) is 5.10 Å². The highest BCUT2D eigenvalue weighted by Crippen LogP contribution is 2.36. The summed E-state index contributed by atoms with van der Waals surface area (Å²) in [4.78, 5) is 10.1. The van der Waals surface area contributed by atoms with Crippen LogP contribution in [-0.2, 0) is 0 Å². The largest absolute Gasteiger partial charge is 0.339 e. The first kappa shape index (κ1) is 16.9. The van der Waals surface area contributed by atoms with E-state index < -0.39 is 0 Å². The third-order valence-electron chi connectivity index (χ3n) is 4.75. The van der Waals surface area contributed by atoms with E-state index in [-0.39, 0.29) is 0 Å². The van der Waals surface area contributed by atoms with E-state index >= 15 is 0 Å². The molecule has 0 fully saturated rings. The van der Waals surface area contributed by atoms with Gasteiger partial charge in [0.1, 0.15) is 6.33 Å². The molecule has 1 N–H and O–H groups in total. The molecule has 0 spiro atoms. The fraction of sp³-hybridized carbons (Fsp3) is 0.136. The minimum absolute atomic E-state index is 0.829. The van der Waals surface area contributed by atoms with Crippen LogP contribution >= 0.6 is 11.3 Å². The minimum Gasteiger partial charge on any atom is -0.339 e. The van der Waals surface area contributed by atoms with Gasteiger partial charge in [0, 0.05) is 29.2 Å². The van der Waals surface area contributed by atoms with Crippen LogP contribution < -0.4 is 10.3 Å². The third kappa shape index (κ3) is 3.23. The molecule has 4 aromatic rings. The van der Waals surface area contributed by atoms with Gasteiger partial charge < -0.3 is 5.32 Å². The number of nitrogens with zero attached hydrogens (tertiary/aromatic N) is 4. The summed E-state index contributed by atoms with van der Waals surface area (Å²) in [5, 5.41) is 10.1. The number of anilines is 3. The second-order valence-corrected chi connectivity index (χ2v) is 7.85.